The van der Waals surface area contributed by atoms with Crippen LogP contribution in [0.25, 0.3) is 10.4 Å². The van der Waals surface area contributed by atoms with Gasteiger partial charge in [-0.05, 0) is 47.2 Å². The lowest BCUT2D eigenvalue weighted by molar-refractivity contribution is -0.360. The summed E-state index contributed by atoms with van der Waals surface area (Å²) in [6, 6.07) is 47.1. The van der Waals surface area contributed by atoms with Gasteiger partial charge in [0.2, 0.25) is 0 Å². The fourth-order valence-electron chi connectivity index (χ4n) is 8.07. The molecule has 2 aliphatic rings. The van der Waals surface area contributed by atoms with Crippen LogP contribution in [-0.2, 0) is 80.4 Å². The molecule has 2 saturated heterocycles. The first-order valence-electron chi connectivity index (χ1n) is 22.5. The second kappa shape index (κ2) is 25.1. The molecule has 1 amide bonds. The first-order chi connectivity index (χ1) is 32.7. The van der Waals surface area contributed by atoms with Crippen molar-refractivity contribution in [2.24, 2.45) is 5.11 Å². The van der Waals surface area contributed by atoms with Crippen LogP contribution in [0.2, 0.25) is 0 Å². The largest absolute Gasteiger partial charge is 0.454 e. The van der Waals surface area contributed by atoms with E-state index in [-0.39, 0.29) is 46.1 Å². The standard InChI is InChI=1S/C52H58N4O11/c1-36-44(54-55-53)46(61-33-41-23-13-6-14-24-41)49(66-38(3)57)51(64-36)67-47-45(60-32-40-21-11-5-12-22-40)37(2)65-50(48(47)62-34-42-25-15-7-16-26-42)59-30-29-56(31-39-19-9-4-10-20-39)52(58)63-35-43-27-17-8-18-28-43/h4-28,36-37,44-51H,29-35H2,1-3H3/t36-,37+,44-,45+,46+,47-,48-,49-,50-,51+/m1/s1. The Morgan fingerprint density at radius 3 is 1.54 bits per heavy atom. The van der Waals surface area contributed by atoms with Crippen molar-refractivity contribution in [2.45, 2.75) is 115 Å². The number of benzene rings is 5. The second-order valence-electron chi connectivity index (χ2n) is 16.4. The Labute approximate surface area is 391 Å². The van der Waals surface area contributed by atoms with E-state index in [9.17, 15) is 15.1 Å². The summed E-state index contributed by atoms with van der Waals surface area (Å²) in [6.07, 6.45) is -9.20. The van der Waals surface area contributed by atoms with Gasteiger partial charge >= 0.3 is 12.1 Å². The van der Waals surface area contributed by atoms with E-state index in [1.165, 1.54) is 6.92 Å². The minimum Gasteiger partial charge on any atom is -0.454 e. The number of ether oxygens (including phenoxy) is 9. The van der Waals surface area contributed by atoms with Gasteiger partial charge in [-0.3, -0.25) is 4.79 Å². The first kappa shape index (κ1) is 48.8. The third-order valence-electron chi connectivity index (χ3n) is 11.4. The molecule has 0 bridgehead atoms. The Morgan fingerprint density at radius 2 is 1.03 bits per heavy atom. The average Bonchev–Trinajstić information content (AvgIpc) is 3.35. The summed E-state index contributed by atoms with van der Waals surface area (Å²) in [5, 5.41) is 4.05. The Morgan fingerprint density at radius 1 is 0.567 bits per heavy atom. The van der Waals surface area contributed by atoms with Crippen molar-refractivity contribution >= 4 is 12.1 Å². The van der Waals surface area contributed by atoms with E-state index < -0.39 is 73.4 Å². The zero-order valence-electron chi connectivity index (χ0n) is 37.9. The van der Waals surface area contributed by atoms with Crippen LogP contribution in [0, 0.1) is 0 Å². The lowest BCUT2D eigenvalue weighted by atomic mass is 9.95. The fourth-order valence-corrected chi connectivity index (χ4v) is 8.07. The summed E-state index contributed by atoms with van der Waals surface area (Å²) >= 11 is 0. The maximum Gasteiger partial charge on any atom is 0.410 e. The smallest absolute Gasteiger partial charge is 0.410 e. The highest BCUT2D eigenvalue weighted by Gasteiger charge is 2.53. The summed E-state index contributed by atoms with van der Waals surface area (Å²) in [5.41, 5.74) is 14.1. The molecule has 0 N–H and O–H groups in total. The van der Waals surface area contributed by atoms with Crippen molar-refractivity contribution in [1.29, 1.82) is 0 Å². The topological polar surface area (TPSA) is 169 Å². The highest BCUT2D eigenvalue weighted by molar-refractivity contribution is 5.67. The van der Waals surface area contributed by atoms with Gasteiger partial charge < -0.3 is 47.5 Å². The van der Waals surface area contributed by atoms with Crippen molar-refractivity contribution < 1.29 is 52.2 Å². The van der Waals surface area contributed by atoms with Crippen LogP contribution in [0.4, 0.5) is 4.79 Å². The molecule has 0 aliphatic carbocycles. The Kier molecular flexibility index (Phi) is 18.3. The van der Waals surface area contributed by atoms with E-state index in [0.29, 0.717) is 0 Å². The lowest BCUT2D eigenvalue weighted by Gasteiger charge is -2.49. The van der Waals surface area contributed by atoms with Crippen LogP contribution in [0.15, 0.2) is 157 Å². The van der Waals surface area contributed by atoms with Crippen LogP contribution in [0.1, 0.15) is 48.6 Å². The molecule has 5 aromatic rings. The van der Waals surface area contributed by atoms with Crippen molar-refractivity contribution in [3.8, 4) is 0 Å². The molecule has 352 valence electrons. The molecule has 0 unspecified atom stereocenters. The molecule has 2 fully saturated rings. The number of esters is 1. The molecule has 2 aliphatic heterocycles. The maximum atomic E-state index is 13.7. The van der Waals surface area contributed by atoms with Crippen molar-refractivity contribution in [3.05, 3.63) is 190 Å². The molecular weight excluding hydrogens is 857 g/mol. The maximum absolute atomic E-state index is 13.7. The number of nitrogens with zero attached hydrogens (tertiary/aromatic N) is 4. The summed E-state index contributed by atoms with van der Waals surface area (Å²) in [7, 11) is 0. The highest BCUT2D eigenvalue weighted by atomic mass is 16.8. The van der Waals surface area contributed by atoms with Crippen molar-refractivity contribution in [3.63, 3.8) is 0 Å². The number of hydrogen-bond acceptors (Lipinski definition) is 12. The van der Waals surface area contributed by atoms with Crippen LogP contribution >= 0.6 is 0 Å². The predicted molar refractivity (Wildman–Crippen MR) is 247 cm³/mol. The summed E-state index contributed by atoms with van der Waals surface area (Å²) in [4.78, 5) is 31.3. The molecule has 2 heterocycles. The van der Waals surface area contributed by atoms with Crippen LogP contribution < -0.4 is 0 Å². The lowest BCUT2D eigenvalue weighted by Crippen LogP contribution is -2.65. The highest BCUT2D eigenvalue weighted by Crippen LogP contribution is 2.36. The van der Waals surface area contributed by atoms with Gasteiger partial charge in [0.1, 0.15) is 31.0 Å². The summed E-state index contributed by atoms with van der Waals surface area (Å²) in [6.45, 7) is 5.88. The predicted octanol–water partition coefficient (Wildman–Crippen LogP) is 9.08. The number of amides is 1. The molecule has 0 spiro atoms. The molecule has 10 atom stereocenters. The number of hydrogen-bond donors (Lipinski definition) is 0. The number of azide groups is 1. The zero-order chi connectivity index (χ0) is 46.8. The van der Waals surface area contributed by atoms with Crippen molar-refractivity contribution in [2.75, 3.05) is 13.2 Å². The van der Waals surface area contributed by atoms with Crippen LogP contribution in [-0.4, -0.2) is 91.5 Å². The third kappa shape index (κ3) is 14.2. The van der Waals surface area contributed by atoms with Gasteiger partial charge in [0, 0.05) is 24.9 Å². The molecular formula is C52H58N4O11. The molecule has 15 nitrogen and oxygen atoms in total. The monoisotopic (exact) mass is 914 g/mol. The molecule has 67 heavy (non-hydrogen) atoms. The molecule has 7 rings (SSSR count). The van der Waals surface area contributed by atoms with Crippen LogP contribution in [0.5, 0.6) is 0 Å². The first-order valence-corrected chi connectivity index (χ1v) is 22.5. The molecule has 0 radical (unpaired) electrons. The zero-order valence-corrected chi connectivity index (χ0v) is 37.9. The average molecular weight is 915 g/mol. The van der Waals surface area contributed by atoms with E-state index >= 15 is 0 Å². The second-order valence-corrected chi connectivity index (χ2v) is 16.4. The van der Waals surface area contributed by atoms with E-state index in [4.69, 9.17) is 42.6 Å². The fraction of sp³-hybridized carbons (Fsp3) is 0.385. The number of carbonyl (C=O) groups is 2. The summed E-state index contributed by atoms with van der Waals surface area (Å²) < 4.78 is 58.5. The SMILES string of the molecule is CC(=O)O[C@H]1[C@H](O[C@@H]2[C@@H](OCc3ccccc3)[C@H](C)O[C@@H](OCCN(Cc3ccccc3)C(=O)OCc3ccccc3)[C@@H]2OCc2ccccc2)O[C@H](C)[C@@H](N=[N+]=[N-])[C@@H]1OCc1ccccc1. The Hall–Kier alpha value is -6.13. The summed E-state index contributed by atoms with van der Waals surface area (Å²) in [5.74, 6) is -0.623. The normalized spacial score (nSPS) is 24.8. The third-order valence-corrected chi connectivity index (χ3v) is 11.4. The minimum absolute atomic E-state index is 0.0222. The number of carbonyl (C=O) groups excluding carboxylic acids is 2. The number of rotatable bonds is 21. The van der Waals surface area contributed by atoms with Gasteiger partial charge in [-0.25, -0.2) is 4.79 Å². The molecule has 5 aromatic carbocycles. The van der Waals surface area contributed by atoms with Gasteiger partial charge in [-0.15, -0.1) is 0 Å². The van der Waals surface area contributed by atoms with E-state index in [0.717, 1.165) is 27.8 Å². The van der Waals surface area contributed by atoms with Gasteiger partial charge in [0.25, 0.3) is 0 Å². The van der Waals surface area contributed by atoms with E-state index in [1.54, 1.807) is 11.8 Å². The molecule has 15 heteroatoms. The van der Waals surface area contributed by atoms with Gasteiger partial charge in [0.15, 0.2) is 18.7 Å². The quantitative estimate of drug-likeness (QED) is 0.0298. The minimum atomic E-state index is -1.27. The van der Waals surface area contributed by atoms with Gasteiger partial charge in [-0.2, -0.15) is 0 Å². The molecule has 0 saturated carbocycles. The van der Waals surface area contributed by atoms with E-state index in [2.05, 4.69) is 10.0 Å². The van der Waals surface area contributed by atoms with Crippen molar-refractivity contribution in [1.82, 2.24) is 4.90 Å². The Bertz CT molecular complexity index is 2290. The van der Waals surface area contributed by atoms with Gasteiger partial charge in [0.05, 0.1) is 44.7 Å². The van der Waals surface area contributed by atoms with E-state index in [1.807, 2.05) is 159 Å². The molecule has 0 aromatic heterocycles. The Balaban J connectivity index is 1.19. The van der Waals surface area contributed by atoms with Crippen LogP contribution in [0.3, 0.4) is 0 Å². The van der Waals surface area contributed by atoms with Gasteiger partial charge in [-0.1, -0.05) is 157 Å².